The van der Waals surface area contributed by atoms with Gasteiger partial charge in [0.05, 0.1) is 0 Å². The third kappa shape index (κ3) is 3.20. The smallest absolute Gasteiger partial charge is 0.0119 e. The molecule has 0 N–H and O–H groups in total. The monoisotopic (exact) mass is 318 g/mol. The van der Waals surface area contributed by atoms with Crippen LogP contribution in [-0.2, 0) is 6.42 Å². The highest BCUT2D eigenvalue weighted by atomic mass is 14.4. The molecule has 1 fully saturated rings. The maximum absolute atomic E-state index is 2.35. The lowest BCUT2D eigenvalue weighted by Gasteiger charge is -2.44. The first-order valence-corrected chi connectivity index (χ1v) is 9.49. The van der Waals surface area contributed by atoms with Crippen molar-refractivity contribution in [1.29, 1.82) is 0 Å². The van der Waals surface area contributed by atoms with Crippen molar-refractivity contribution in [2.75, 3.05) is 0 Å². The van der Waals surface area contributed by atoms with Gasteiger partial charge in [0.15, 0.2) is 0 Å². The maximum atomic E-state index is 2.35. The van der Waals surface area contributed by atoms with Crippen molar-refractivity contribution in [2.45, 2.75) is 59.8 Å². The molecule has 0 heterocycles. The normalized spacial score (nSPS) is 15.9. The highest BCUT2D eigenvalue weighted by Gasteiger charge is 2.38. The molecular weight excluding hydrogens is 288 g/mol. The Bertz CT molecular complexity index is 700. The van der Waals surface area contributed by atoms with Gasteiger partial charge in [-0.1, -0.05) is 80.4 Å². The van der Waals surface area contributed by atoms with Crippen LogP contribution in [0.1, 0.15) is 68.7 Å². The van der Waals surface area contributed by atoms with E-state index in [4.69, 9.17) is 0 Å². The molecule has 1 aliphatic rings. The zero-order valence-electron chi connectivity index (χ0n) is 15.7. The Morgan fingerprint density at radius 2 is 1.29 bits per heavy atom. The summed E-state index contributed by atoms with van der Waals surface area (Å²) in [6, 6.07) is 18.3. The molecule has 0 heteroatoms. The van der Waals surface area contributed by atoms with Crippen LogP contribution in [0.2, 0.25) is 0 Å². The summed E-state index contributed by atoms with van der Waals surface area (Å²) in [4.78, 5) is 0. The van der Waals surface area contributed by atoms with Crippen molar-refractivity contribution in [2.24, 2.45) is 5.41 Å². The molecule has 0 amide bonds. The van der Waals surface area contributed by atoms with Gasteiger partial charge in [-0.2, -0.15) is 0 Å². The molecule has 0 aromatic heterocycles. The Hall–Kier alpha value is -1.82. The average molecular weight is 319 g/mol. The summed E-state index contributed by atoms with van der Waals surface area (Å²) < 4.78 is 0. The van der Waals surface area contributed by atoms with E-state index in [1.54, 1.807) is 5.57 Å². The fourth-order valence-electron chi connectivity index (χ4n) is 3.98. The van der Waals surface area contributed by atoms with E-state index in [0.29, 0.717) is 5.41 Å². The van der Waals surface area contributed by atoms with Crippen molar-refractivity contribution in [3.63, 3.8) is 0 Å². The molecule has 24 heavy (non-hydrogen) atoms. The molecule has 0 spiro atoms. The molecule has 0 radical (unpaired) electrons. The lowest BCUT2D eigenvalue weighted by molar-refractivity contribution is 0.188. The third-order valence-corrected chi connectivity index (χ3v) is 6.02. The van der Waals surface area contributed by atoms with E-state index in [1.165, 1.54) is 53.5 Å². The van der Waals surface area contributed by atoms with E-state index in [0.717, 1.165) is 6.42 Å². The minimum Gasteiger partial charge on any atom is -0.0648 e. The quantitative estimate of drug-likeness (QED) is 0.559. The standard InChI is InChI=1S/C24H30/c1-5-19-10-14-21(15-11-19)23(20-12-8-18(4)9-13-20)22-16-24(6-2,7-3)17-22/h8-15H,5-7,16-17H2,1-4H3. The van der Waals surface area contributed by atoms with Crippen LogP contribution in [0, 0.1) is 12.3 Å². The van der Waals surface area contributed by atoms with Crippen molar-refractivity contribution < 1.29 is 0 Å². The van der Waals surface area contributed by atoms with Gasteiger partial charge in [0.2, 0.25) is 0 Å². The summed E-state index contributed by atoms with van der Waals surface area (Å²) >= 11 is 0. The van der Waals surface area contributed by atoms with Crippen LogP contribution >= 0.6 is 0 Å². The van der Waals surface area contributed by atoms with Crippen LogP contribution in [0.5, 0.6) is 0 Å². The first-order valence-electron chi connectivity index (χ1n) is 9.49. The lowest BCUT2D eigenvalue weighted by atomic mass is 9.60. The van der Waals surface area contributed by atoms with Gasteiger partial charge >= 0.3 is 0 Å². The van der Waals surface area contributed by atoms with Gasteiger partial charge < -0.3 is 0 Å². The number of hydrogen-bond acceptors (Lipinski definition) is 0. The maximum Gasteiger partial charge on any atom is -0.0119 e. The second-order valence-corrected chi connectivity index (χ2v) is 7.46. The van der Waals surface area contributed by atoms with Crippen LogP contribution in [0.4, 0.5) is 0 Å². The molecule has 0 bridgehead atoms. The molecule has 0 atom stereocenters. The predicted molar refractivity (Wildman–Crippen MR) is 105 cm³/mol. The Morgan fingerprint density at radius 3 is 1.75 bits per heavy atom. The third-order valence-electron chi connectivity index (χ3n) is 6.02. The number of allylic oxidation sites excluding steroid dienone is 1. The Labute approximate surface area is 147 Å². The lowest BCUT2D eigenvalue weighted by Crippen LogP contribution is -2.30. The summed E-state index contributed by atoms with van der Waals surface area (Å²) in [6.45, 7) is 9.08. The Balaban J connectivity index is 2.03. The van der Waals surface area contributed by atoms with Gasteiger partial charge in [-0.25, -0.2) is 0 Å². The molecular formula is C24H30. The van der Waals surface area contributed by atoms with Gasteiger partial charge in [0, 0.05) is 0 Å². The number of hydrogen-bond donors (Lipinski definition) is 0. The fourth-order valence-corrected chi connectivity index (χ4v) is 3.98. The van der Waals surface area contributed by atoms with E-state index in [9.17, 15) is 0 Å². The van der Waals surface area contributed by atoms with Crippen LogP contribution in [-0.4, -0.2) is 0 Å². The first-order chi connectivity index (χ1) is 11.6. The molecule has 0 saturated heterocycles. The Morgan fingerprint density at radius 1 is 0.792 bits per heavy atom. The minimum atomic E-state index is 0.550. The summed E-state index contributed by atoms with van der Waals surface area (Å²) in [6.07, 6.45) is 6.22. The largest absolute Gasteiger partial charge is 0.0648 e. The molecule has 0 nitrogen and oxygen atoms in total. The van der Waals surface area contributed by atoms with Gasteiger partial charge in [0.1, 0.15) is 0 Å². The second kappa shape index (κ2) is 6.97. The highest BCUT2D eigenvalue weighted by Crippen LogP contribution is 2.53. The predicted octanol–water partition coefficient (Wildman–Crippen LogP) is 6.96. The zero-order chi connectivity index (χ0) is 17.2. The van der Waals surface area contributed by atoms with E-state index in [2.05, 4.69) is 76.2 Å². The van der Waals surface area contributed by atoms with Crippen LogP contribution in [0.15, 0.2) is 54.1 Å². The van der Waals surface area contributed by atoms with E-state index in [-0.39, 0.29) is 0 Å². The topological polar surface area (TPSA) is 0 Å². The van der Waals surface area contributed by atoms with Crippen molar-refractivity contribution >= 4 is 5.57 Å². The highest BCUT2D eigenvalue weighted by molar-refractivity contribution is 5.83. The SMILES string of the molecule is CCc1ccc(C(=C2CC(CC)(CC)C2)c2ccc(C)cc2)cc1. The summed E-state index contributed by atoms with van der Waals surface area (Å²) in [5.74, 6) is 0. The first kappa shape index (κ1) is 17.0. The van der Waals surface area contributed by atoms with Crippen molar-refractivity contribution in [3.8, 4) is 0 Å². The summed E-state index contributed by atoms with van der Waals surface area (Å²) in [5, 5.41) is 0. The minimum absolute atomic E-state index is 0.550. The van der Waals surface area contributed by atoms with Crippen molar-refractivity contribution in [3.05, 3.63) is 76.4 Å². The van der Waals surface area contributed by atoms with Gasteiger partial charge in [0.25, 0.3) is 0 Å². The molecule has 1 saturated carbocycles. The van der Waals surface area contributed by atoms with E-state index < -0.39 is 0 Å². The summed E-state index contributed by atoms with van der Waals surface area (Å²) in [5.41, 5.74) is 9.18. The fraction of sp³-hybridized carbons (Fsp3) is 0.417. The van der Waals surface area contributed by atoms with Crippen molar-refractivity contribution in [1.82, 2.24) is 0 Å². The van der Waals surface area contributed by atoms with Crippen LogP contribution in [0.3, 0.4) is 0 Å². The molecule has 2 aromatic carbocycles. The molecule has 3 rings (SSSR count). The molecule has 2 aromatic rings. The van der Waals surface area contributed by atoms with Gasteiger partial charge in [-0.3, -0.25) is 0 Å². The van der Waals surface area contributed by atoms with Crippen LogP contribution < -0.4 is 0 Å². The van der Waals surface area contributed by atoms with Gasteiger partial charge in [-0.15, -0.1) is 0 Å². The summed E-state index contributed by atoms with van der Waals surface area (Å²) in [7, 11) is 0. The van der Waals surface area contributed by atoms with Crippen LogP contribution in [0.25, 0.3) is 5.57 Å². The number of aryl methyl sites for hydroxylation is 2. The second-order valence-electron chi connectivity index (χ2n) is 7.46. The molecule has 0 aliphatic heterocycles. The van der Waals surface area contributed by atoms with E-state index in [1.807, 2.05) is 0 Å². The average Bonchev–Trinajstić information content (AvgIpc) is 2.59. The number of benzene rings is 2. The Kier molecular flexibility index (Phi) is 4.94. The molecule has 0 unspecified atom stereocenters. The van der Waals surface area contributed by atoms with E-state index >= 15 is 0 Å². The van der Waals surface area contributed by atoms with Gasteiger partial charge in [-0.05, 0) is 66.7 Å². The molecule has 1 aliphatic carbocycles. The molecule has 126 valence electrons. The number of rotatable bonds is 5. The zero-order valence-corrected chi connectivity index (χ0v) is 15.7.